The number of methoxy groups -OCH3 is 3. The molecular weight excluding hydrogens is 362 g/mol. The molecule has 1 aliphatic rings. The normalized spacial score (nSPS) is 16.9. The van der Waals surface area contributed by atoms with E-state index in [4.69, 9.17) is 25.8 Å². The molecule has 1 atom stereocenters. The lowest BCUT2D eigenvalue weighted by Crippen LogP contribution is -2.28. The molecule has 0 saturated carbocycles. The predicted octanol–water partition coefficient (Wildman–Crippen LogP) is 4.14. The number of halogens is 1. The molecule has 7 heteroatoms. The number of hydrogen-bond donors (Lipinski definition) is 0. The molecule has 0 radical (unpaired) electrons. The van der Waals surface area contributed by atoms with Crippen molar-refractivity contribution in [1.82, 2.24) is 0 Å². The monoisotopic (exact) mass is 379 g/mol. The fraction of sp³-hybridized carbons (Fsp3) is 0.278. The molecule has 0 spiro atoms. The van der Waals surface area contributed by atoms with Crippen molar-refractivity contribution in [1.29, 1.82) is 0 Å². The molecule has 0 N–H and O–H groups in total. The second-order valence-electron chi connectivity index (χ2n) is 5.34. The highest BCUT2D eigenvalue weighted by molar-refractivity contribution is 8.00. The summed E-state index contributed by atoms with van der Waals surface area (Å²) >= 11 is 7.85. The molecular formula is C18H18ClNO4S. The van der Waals surface area contributed by atoms with E-state index in [1.165, 1.54) is 11.8 Å². The van der Waals surface area contributed by atoms with Crippen molar-refractivity contribution in [3.05, 3.63) is 47.0 Å². The maximum absolute atomic E-state index is 12.5. The Morgan fingerprint density at radius 1 is 1.08 bits per heavy atom. The lowest BCUT2D eigenvalue weighted by atomic mass is 10.1. The van der Waals surface area contributed by atoms with E-state index in [9.17, 15) is 4.79 Å². The molecule has 1 saturated heterocycles. The molecule has 3 rings (SSSR count). The second kappa shape index (κ2) is 7.45. The average molecular weight is 380 g/mol. The number of hydrogen-bond acceptors (Lipinski definition) is 5. The first-order valence-corrected chi connectivity index (χ1v) is 9.01. The number of nitrogens with zero attached hydrogens (tertiary/aromatic N) is 1. The first-order valence-electron chi connectivity index (χ1n) is 7.58. The lowest BCUT2D eigenvalue weighted by molar-refractivity contribution is -0.115. The third kappa shape index (κ3) is 3.24. The highest BCUT2D eigenvalue weighted by atomic mass is 35.5. The number of carbonyl (C=O) groups excluding carboxylic acids is 1. The molecule has 1 unspecified atom stereocenters. The molecule has 25 heavy (non-hydrogen) atoms. The fourth-order valence-electron chi connectivity index (χ4n) is 2.82. The number of carbonyl (C=O) groups is 1. The van der Waals surface area contributed by atoms with Gasteiger partial charge in [0.05, 0.1) is 37.8 Å². The molecule has 132 valence electrons. The minimum atomic E-state index is -0.221. The van der Waals surface area contributed by atoms with Gasteiger partial charge >= 0.3 is 0 Å². The summed E-state index contributed by atoms with van der Waals surface area (Å²) in [5, 5.41) is 0.317. The van der Waals surface area contributed by atoms with Crippen molar-refractivity contribution in [2.45, 2.75) is 5.37 Å². The Hall–Kier alpha value is -2.05. The Morgan fingerprint density at radius 2 is 1.72 bits per heavy atom. The second-order valence-corrected chi connectivity index (χ2v) is 6.81. The predicted molar refractivity (Wildman–Crippen MR) is 100 cm³/mol. The van der Waals surface area contributed by atoms with Crippen molar-refractivity contribution in [2.24, 2.45) is 0 Å². The van der Waals surface area contributed by atoms with Crippen LogP contribution in [0, 0.1) is 0 Å². The first kappa shape index (κ1) is 17.8. The van der Waals surface area contributed by atoms with Crippen molar-refractivity contribution in [3.8, 4) is 17.2 Å². The van der Waals surface area contributed by atoms with Crippen LogP contribution < -0.4 is 19.1 Å². The maximum Gasteiger partial charge on any atom is 0.238 e. The van der Waals surface area contributed by atoms with E-state index in [2.05, 4.69) is 0 Å². The van der Waals surface area contributed by atoms with Gasteiger partial charge in [0.1, 0.15) is 5.37 Å². The van der Waals surface area contributed by atoms with E-state index >= 15 is 0 Å². The van der Waals surface area contributed by atoms with Crippen LogP contribution >= 0.6 is 23.4 Å². The highest BCUT2D eigenvalue weighted by Crippen LogP contribution is 2.48. The molecule has 1 amide bonds. The summed E-state index contributed by atoms with van der Waals surface area (Å²) in [5.74, 6) is 2.02. The Balaban J connectivity index is 2.08. The summed E-state index contributed by atoms with van der Waals surface area (Å²) in [6, 6.07) is 11.1. The first-order chi connectivity index (χ1) is 12.1. The van der Waals surface area contributed by atoms with E-state index in [0.29, 0.717) is 33.7 Å². The van der Waals surface area contributed by atoms with Crippen LogP contribution in [0.3, 0.4) is 0 Å². The zero-order chi connectivity index (χ0) is 18.0. The molecule has 1 aliphatic heterocycles. The number of para-hydroxylation sites is 1. The summed E-state index contributed by atoms with van der Waals surface area (Å²) < 4.78 is 16.2. The number of thioether (sulfide) groups is 1. The molecule has 1 fully saturated rings. The van der Waals surface area contributed by atoms with Crippen LogP contribution in [0.15, 0.2) is 36.4 Å². The summed E-state index contributed by atoms with van der Waals surface area (Å²) in [6.07, 6.45) is 0. The van der Waals surface area contributed by atoms with Crippen LogP contribution in [0.2, 0.25) is 5.02 Å². The van der Waals surface area contributed by atoms with Gasteiger partial charge in [-0.3, -0.25) is 9.69 Å². The van der Waals surface area contributed by atoms with Crippen molar-refractivity contribution >= 4 is 35.0 Å². The van der Waals surface area contributed by atoms with Gasteiger partial charge in [-0.25, -0.2) is 0 Å². The molecule has 2 aromatic carbocycles. The lowest BCUT2D eigenvalue weighted by Gasteiger charge is -2.26. The van der Waals surface area contributed by atoms with Crippen LogP contribution in [-0.2, 0) is 4.79 Å². The SMILES string of the molecule is COc1cc(C2SCC(=O)N2c2ccccc2Cl)cc(OC)c1OC. The summed E-state index contributed by atoms with van der Waals surface area (Å²) in [7, 11) is 4.70. The number of amides is 1. The summed E-state index contributed by atoms with van der Waals surface area (Å²) in [4.78, 5) is 14.2. The van der Waals surface area contributed by atoms with Crippen molar-refractivity contribution in [2.75, 3.05) is 32.0 Å². The van der Waals surface area contributed by atoms with E-state index in [0.717, 1.165) is 5.56 Å². The van der Waals surface area contributed by atoms with Crippen LogP contribution in [0.1, 0.15) is 10.9 Å². The van der Waals surface area contributed by atoms with Gasteiger partial charge in [-0.1, -0.05) is 23.7 Å². The smallest absolute Gasteiger partial charge is 0.238 e. The summed E-state index contributed by atoms with van der Waals surface area (Å²) in [5.41, 5.74) is 1.57. The quantitative estimate of drug-likeness (QED) is 0.781. The van der Waals surface area contributed by atoms with Gasteiger partial charge in [0, 0.05) is 0 Å². The topological polar surface area (TPSA) is 48.0 Å². The minimum Gasteiger partial charge on any atom is -0.493 e. The fourth-order valence-corrected chi connectivity index (χ4v) is 4.20. The van der Waals surface area contributed by atoms with Gasteiger partial charge < -0.3 is 14.2 Å². The molecule has 1 heterocycles. The summed E-state index contributed by atoms with van der Waals surface area (Å²) in [6.45, 7) is 0. The zero-order valence-electron chi connectivity index (χ0n) is 14.1. The van der Waals surface area contributed by atoms with Gasteiger partial charge in [-0.05, 0) is 29.8 Å². The van der Waals surface area contributed by atoms with E-state index in [-0.39, 0.29) is 11.3 Å². The standard InChI is InChI=1S/C18H18ClNO4S/c1-22-14-8-11(9-15(23-2)17(14)24-3)18-20(16(21)10-25-18)13-7-5-4-6-12(13)19/h4-9,18H,10H2,1-3H3. The third-order valence-corrected chi connectivity index (χ3v) is 5.48. The zero-order valence-corrected chi connectivity index (χ0v) is 15.7. The molecule has 0 aromatic heterocycles. The average Bonchev–Trinajstić information content (AvgIpc) is 3.02. The minimum absolute atomic E-state index is 0.0110. The van der Waals surface area contributed by atoms with Gasteiger partial charge in [0.2, 0.25) is 11.7 Å². The Kier molecular flexibility index (Phi) is 5.30. The number of benzene rings is 2. The molecule has 0 bridgehead atoms. The number of ether oxygens (including phenoxy) is 3. The third-order valence-electron chi connectivity index (χ3n) is 3.95. The van der Waals surface area contributed by atoms with Gasteiger partial charge in [-0.2, -0.15) is 0 Å². The van der Waals surface area contributed by atoms with Crippen LogP contribution in [0.25, 0.3) is 0 Å². The molecule has 2 aromatic rings. The van der Waals surface area contributed by atoms with Gasteiger partial charge in [0.25, 0.3) is 0 Å². The van der Waals surface area contributed by atoms with E-state index in [1.54, 1.807) is 32.3 Å². The Labute approximate surface area is 155 Å². The Morgan fingerprint density at radius 3 is 2.28 bits per heavy atom. The van der Waals surface area contributed by atoms with Crippen molar-refractivity contribution in [3.63, 3.8) is 0 Å². The van der Waals surface area contributed by atoms with Crippen LogP contribution in [0.4, 0.5) is 5.69 Å². The maximum atomic E-state index is 12.5. The van der Waals surface area contributed by atoms with Crippen molar-refractivity contribution < 1.29 is 19.0 Å². The van der Waals surface area contributed by atoms with E-state index in [1.807, 2.05) is 30.3 Å². The molecule has 5 nitrogen and oxygen atoms in total. The Bertz CT molecular complexity index is 773. The van der Waals surface area contributed by atoms with Crippen LogP contribution in [0.5, 0.6) is 17.2 Å². The van der Waals surface area contributed by atoms with Gasteiger partial charge in [0.15, 0.2) is 11.5 Å². The van der Waals surface area contributed by atoms with Gasteiger partial charge in [-0.15, -0.1) is 11.8 Å². The highest BCUT2D eigenvalue weighted by Gasteiger charge is 2.36. The van der Waals surface area contributed by atoms with E-state index < -0.39 is 0 Å². The number of anilines is 1. The number of rotatable bonds is 5. The van der Waals surface area contributed by atoms with Crippen LogP contribution in [-0.4, -0.2) is 33.0 Å². The largest absolute Gasteiger partial charge is 0.493 e. The molecule has 0 aliphatic carbocycles.